The molecule has 2 heterocycles. The molecule has 0 unspecified atom stereocenters. The number of benzene rings is 1. The molecule has 0 aliphatic heterocycles. The maximum absolute atomic E-state index is 6.07. The van der Waals surface area contributed by atoms with Crippen LogP contribution in [0.15, 0.2) is 33.4 Å². The zero-order valence-corrected chi connectivity index (χ0v) is 13.2. The number of hydrogen-bond donors (Lipinski definition) is 0. The summed E-state index contributed by atoms with van der Waals surface area (Å²) >= 11 is 7.64. The first-order chi connectivity index (χ1) is 10.1. The molecule has 2 aromatic heterocycles. The monoisotopic (exact) mass is 320 g/mol. The number of halogens is 1. The van der Waals surface area contributed by atoms with Crippen molar-refractivity contribution in [3.05, 3.63) is 51.0 Å². The summed E-state index contributed by atoms with van der Waals surface area (Å²) in [4.78, 5) is 0. The van der Waals surface area contributed by atoms with Gasteiger partial charge in [0.15, 0.2) is 0 Å². The Morgan fingerprint density at radius 2 is 2.10 bits per heavy atom. The zero-order chi connectivity index (χ0) is 14.8. The van der Waals surface area contributed by atoms with Crippen molar-refractivity contribution >= 4 is 22.9 Å². The van der Waals surface area contributed by atoms with Crippen molar-refractivity contribution in [2.45, 2.75) is 20.5 Å². The summed E-state index contributed by atoms with van der Waals surface area (Å²) < 4.78 is 11.3. The zero-order valence-electron chi connectivity index (χ0n) is 11.6. The molecule has 3 rings (SSSR count). The second kappa shape index (κ2) is 5.87. The predicted octanol–water partition coefficient (Wildman–Crippen LogP) is 4.65. The summed E-state index contributed by atoms with van der Waals surface area (Å²) in [6.45, 7) is 4.20. The lowest BCUT2D eigenvalue weighted by molar-refractivity contribution is 0.305. The normalized spacial score (nSPS) is 10.8. The van der Waals surface area contributed by atoms with E-state index in [1.54, 1.807) is 18.3 Å². The molecule has 0 radical (unpaired) electrons. The molecule has 3 aromatic rings. The Kier molecular flexibility index (Phi) is 3.94. The molecule has 0 bridgehead atoms. The molecule has 4 nitrogen and oxygen atoms in total. The Hall–Kier alpha value is -1.85. The third-order valence-electron chi connectivity index (χ3n) is 3.03. The molecule has 0 fully saturated rings. The molecule has 1 aromatic carbocycles. The lowest BCUT2D eigenvalue weighted by Crippen LogP contribution is -1.96. The minimum absolute atomic E-state index is 0.440. The molecular weight excluding hydrogens is 308 g/mol. The highest BCUT2D eigenvalue weighted by atomic mass is 35.5. The quantitative estimate of drug-likeness (QED) is 0.702. The van der Waals surface area contributed by atoms with E-state index in [9.17, 15) is 0 Å². The van der Waals surface area contributed by atoms with Crippen molar-refractivity contribution in [3.63, 3.8) is 0 Å². The summed E-state index contributed by atoms with van der Waals surface area (Å²) in [6.07, 6.45) is 0. The van der Waals surface area contributed by atoms with Crippen molar-refractivity contribution in [2.75, 3.05) is 0 Å². The van der Waals surface area contributed by atoms with Crippen LogP contribution in [0.3, 0.4) is 0 Å². The third-order valence-corrected chi connectivity index (χ3v) is 4.31. The maximum atomic E-state index is 6.07. The molecular formula is C15H13ClN2O2S. The van der Waals surface area contributed by atoms with Gasteiger partial charge in [-0.05, 0) is 30.0 Å². The van der Waals surface area contributed by atoms with Crippen LogP contribution in [0.2, 0.25) is 5.02 Å². The van der Waals surface area contributed by atoms with E-state index in [4.69, 9.17) is 20.8 Å². The van der Waals surface area contributed by atoms with Gasteiger partial charge in [-0.15, -0.1) is 10.2 Å². The van der Waals surface area contributed by atoms with Gasteiger partial charge in [0.2, 0.25) is 11.8 Å². The number of thiophene rings is 1. The van der Waals surface area contributed by atoms with E-state index in [-0.39, 0.29) is 0 Å². The molecule has 0 saturated carbocycles. The summed E-state index contributed by atoms with van der Waals surface area (Å²) in [5.74, 6) is 1.81. The van der Waals surface area contributed by atoms with Gasteiger partial charge < -0.3 is 9.15 Å². The molecule has 0 N–H and O–H groups in total. The van der Waals surface area contributed by atoms with Gasteiger partial charge in [0, 0.05) is 23.4 Å². The van der Waals surface area contributed by atoms with Crippen LogP contribution in [0.1, 0.15) is 17.0 Å². The minimum atomic E-state index is 0.440. The summed E-state index contributed by atoms with van der Waals surface area (Å²) in [5.41, 5.74) is 2.87. The van der Waals surface area contributed by atoms with Crippen LogP contribution in [0.4, 0.5) is 0 Å². The van der Waals surface area contributed by atoms with Gasteiger partial charge in [-0.2, -0.15) is 11.3 Å². The van der Waals surface area contributed by atoms with Crippen molar-refractivity contribution in [3.8, 4) is 17.2 Å². The second-order valence-corrected chi connectivity index (χ2v) is 5.79. The molecule has 0 amide bonds. The molecule has 0 spiro atoms. The van der Waals surface area contributed by atoms with Gasteiger partial charge in [0.05, 0.1) is 5.02 Å². The van der Waals surface area contributed by atoms with Crippen LogP contribution >= 0.6 is 22.9 Å². The highest BCUT2D eigenvalue weighted by Crippen LogP contribution is 2.28. The Labute approximate surface area is 131 Å². The van der Waals surface area contributed by atoms with E-state index in [1.807, 2.05) is 35.9 Å². The van der Waals surface area contributed by atoms with Crippen LogP contribution in [-0.2, 0) is 6.61 Å². The summed E-state index contributed by atoms with van der Waals surface area (Å²) in [6, 6.07) is 5.81. The maximum Gasteiger partial charge on any atom is 0.247 e. The van der Waals surface area contributed by atoms with E-state index in [0.29, 0.717) is 18.4 Å². The first-order valence-electron chi connectivity index (χ1n) is 6.38. The predicted molar refractivity (Wildman–Crippen MR) is 82.9 cm³/mol. The Morgan fingerprint density at radius 1 is 1.24 bits per heavy atom. The SMILES string of the molecule is Cc1nnc(-c2ccc(C)c(OCc3cscc3Cl)c2)o1. The Bertz CT molecular complexity index is 767. The smallest absolute Gasteiger partial charge is 0.247 e. The molecule has 6 heteroatoms. The Balaban J connectivity index is 1.83. The van der Waals surface area contributed by atoms with Crippen LogP contribution in [-0.4, -0.2) is 10.2 Å². The molecule has 0 aliphatic rings. The standard InChI is InChI=1S/C15H13ClN2O2S/c1-9-3-4-11(15-18-17-10(2)20-15)5-14(9)19-6-12-7-21-8-13(12)16/h3-5,7-8H,6H2,1-2H3. The highest BCUT2D eigenvalue weighted by Gasteiger charge is 2.10. The molecule has 21 heavy (non-hydrogen) atoms. The van der Waals surface area contributed by atoms with Gasteiger partial charge in [-0.25, -0.2) is 0 Å². The Morgan fingerprint density at radius 3 is 2.76 bits per heavy atom. The molecule has 0 atom stereocenters. The van der Waals surface area contributed by atoms with Crippen LogP contribution in [0, 0.1) is 13.8 Å². The number of nitrogens with zero attached hydrogens (tertiary/aromatic N) is 2. The van der Waals surface area contributed by atoms with Gasteiger partial charge in [-0.1, -0.05) is 17.7 Å². The minimum Gasteiger partial charge on any atom is -0.489 e. The van der Waals surface area contributed by atoms with E-state index < -0.39 is 0 Å². The second-order valence-electron chi connectivity index (χ2n) is 4.64. The number of aryl methyl sites for hydroxylation is 2. The fourth-order valence-corrected chi connectivity index (χ4v) is 2.89. The topological polar surface area (TPSA) is 48.2 Å². The number of hydrogen-bond acceptors (Lipinski definition) is 5. The van der Waals surface area contributed by atoms with E-state index in [0.717, 1.165) is 27.5 Å². The van der Waals surface area contributed by atoms with Crippen molar-refractivity contribution in [1.82, 2.24) is 10.2 Å². The van der Waals surface area contributed by atoms with Crippen molar-refractivity contribution in [2.24, 2.45) is 0 Å². The van der Waals surface area contributed by atoms with Gasteiger partial charge >= 0.3 is 0 Å². The van der Waals surface area contributed by atoms with Crippen LogP contribution < -0.4 is 4.74 Å². The molecule has 0 saturated heterocycles. The fourth-order valence-electron chi connectivity index (χ4n) is 1.87. The number of rotatable bonds is 4. The van der Waals surface area contributed by atoms with Crippen LogP contribution in [0.5, 0.6) is 5.75 Å². The van der Waals surface area contributed by atoms with Gasteiger partial charge in [0.25, 0.3) is 0 Å². The molecule has 108 valence electrons. The first kappa shape index (κ1) is 14.1. The van der Waals surface area contributed by atoms with E-state index in [1.165, 1.54) is 0 Å². The van der Waals surface area contributed by atoms with Crippen molar-refractivity contribution < 1.29 is 9.15 Å². The summed E-state index contributed by atoms with van der Waals surface area (Å²) in [5, 5.41) is 12.5. The molecule has 0 aliphatic carbocycles. The lowest BCUT2D eigenvalue weighted by Gasteiger charge is -2.09. The van der Waals surface area contributed by atoms with Crippen molar-refractivity contribution in [1.29, 1.82) is 0 Å². The highest BCUT2D eigenvalue weighted by molar-refractivity contribution is 7.08. The van der Waals surface area contributed by atoms with Gasteiger partial charge in [0.1, 0.15) is 12.4 Å². The number of ether oxygens (including phenoxy) is 1. The van der Waals surface area contributed by atoms with E-state index in [2.05, 4.69) is 10.2 Å². The summed E-state index contributed by atoms with van der Waals surface area (Å²) in [7, 11) is 0. The van der Waals surface area contributed by atoms with E-state index >= 15 is 0 Å². The van der Waals surface area contributed by atoms with Gasteiger partial charge in [-0.3, -0.25) is 0 Å². The first-order valence-corrected chi connectivity index (χ1v) is 7.70. The third kappa shape index (κ3) is 3.09. The largest absolute Gasteiger partial charge is 0.489 e. The number of aromatic nitrogens is 2. The average Bonchev–Trinajstić information content (AvgIpc) is 3.07. The van der Waals surface area contributed by atoms with Crippen LogP contribution in [0.25, 0.3) is 11.5 Å². The average molecular weight is 321 g/mol. The fraction of sp³-hybridized carbons (Fsp3) is 0.200. The lowest BCUT2D eigenvalue weighted by atomic mass is 10.1.